The standard InChI is InChI=1S/C22H25ClN4O2S.ClH/c1-25-16-24-12-21(25)15-26-14-20(10-17-6-4-3-5-7-17)27(30(2,28)29)13-18-11-19(23)8-9-22(18)26;/h3-9,11-12,16,20H,10,13-15H2,1-2H3;1H/t20-;/m1./s1. The third-order valence-corrected chi connectivity index (χ3v) is 7.07. The quantitative estimate of drug-likeness (QED) is 0.555. The normalized spacial score (nSPS) is 17.0. The monoisotopic (exact) mass is 480 g/mol. The summed E-state index contributed by atoms with van der Waals surface area (Å²) >= 11 is 6.27. The smallest absolute Gasteiger partial charge is 0.211 e. The summed E-state index contributed by atoms with van der Waals surface area (Å²) < 4.78 is 29.1. The number of hydrogen-bond donors (Lipinski definition) is 0. The van der Waals surface area contributed by atoms with E-state index in [0.717, 1.165) is 22.5 Å². The zero-order valence-electron chi connectivity index (χ0n) is 17.5. The summed E-state index contributed by atoms with van der Waals surface area (Å²) in [4.78, 5) is 6.47. The van der Waals surface area contributed by atoms with E-state index in [1.54, 1.807) is 10.6 Å². The zero-order valence-corrected chi connectivity index (χ0v) is 19.9. The molecule has 0 saturated carbocycles. The number of nitrogens with zero attached hydrogens (tertiary/aromatic N) is 4. The van der Waals surface area contributed by atoms with Crippen LogP contribution in [-0.2, 0) is 36.6 Å². The molecule has 1 aromatic heterocycles. The van der Waals surface area contributed by atoms with E-state index in [-0.39, 0.29) is 18.4 Å². The maximum Gasteiger partial charge on any atom is 0.211 e. The number of sulfonamides is 1. The maximum absolute atomic E-state index is 12.8. The first-order valence-electron chi connectivity index (χ1n) is 9.80. The topological polar surface area (TPSA) is 58.4 Å². The fraction of sp³-hybridized carbons (Fsp3) is 0.318. The van der Waals surface area contributed by atoms with Crippen molar-refractivity contribution in [3.05, 3.63) is 82.9 Å². The predicted molar refractivity (Wildman–Crippen MR) is 127 cm³/mol. The van der Waals surface area contributed by atoms with Crippen LogP contribution in [0.4, 0.5) is 5.69 Å². The molecule has 2 aromatic carbocycles. The lowest BCUT2D eigenvalue weighted by atomic mass is 10.1. The molecule has 1 aliphatic rings. The number of aromatic nitrogens is 2. The van der Waals surface area contributed by atoms with Crippen molar-refractivity contribution in [2.75, 3.05) is 17.7 Å². The van der Waals surface area contributed by atoms with Crippen molar-refractivity contribution in [1.82, 2.24) is 13.9 Å². The lowest BCUT2D eigenvalue weighted by molar-refractivity contribution is 0.320. The first kappa shape index (κ1) is 23.6. The lowest BCUT2D eigenvalue weighted by Crippen LogP contribution is -2.45. The highest BCUT2D eigenvalue weighted by molar-refractivity contribution is 7.88. The molecule has 0 aliphatic carbocycles. The van der Waals surface area contributed by atoms with Gasteiger partial charge in [-0.15, -0.1) is 12.4 Å². The van der Waals surface area contributed by atoms with E-state index in [0.29, 0.717) is 31.1 Å². The Morgan fingerprint density at radius 3 is 2.55 bits per heavy atom. The second-order valence-corrected chi connectivity index (χ2v) is 10.2. The summed E-state index contributed by atoms with van der Waals surface area (Å²) in [6.07, 6.45) is 5.55. The molecule has 1 atom stereocenters. The van der Waals surface area contributed by atoms with E-state index in [1.165, 1.54) is 6.26 Å². The van der Waals surface area contributed by atoms with Crippen molar-refractivity contribution in [1.29, 1.82) is 0 Å². The predicted octanol–water partition coefficient (Wildman–Crippen LogP) is 3.89. The first-order chi connectivity index (χ1) is 14.3. The Labute approximate surface area is 194 Å². The van der Waals surface area contributed by atoms with Gasteiger partial charge in [0.25, 0.3) is 0 Å². The van der Waals surface area contributed by atoms with Gasteiger partial charge >= 0.3 is 0 Å². The average Bonchev–Trinajstić information content (AvgIpc) is 3.02. The van der Waals surface area contributed by atoms with Crippen LogP contribution in [0.15, 0.2) is 61.1 Å². The average molecular weight is 481 g/mol. The molecule has 31 heavy (non-hydrogen) atoms. The molecule has 0 N–H and O–H groups in total. The second kappa shape index (κ2) is 9.61. The molecule has 2 heterocycles. The number of imidazole rings is 1. The van der Waals surface area contributed by atoms with Gasteiger partial charge in [-0.3, -0.25) is 0 Å². The molecule has 0 amide bonds. The van der Waals surface area contributed by atoms with E-state index in [2.05, 4.69) is 9.88 Å². The number of benzene rings is 2. The number of hydrogen-bond acceptors (Lipinski definition) is 4. The summed E-state index contributed by atoms with van der Waals surface area (Å²) in [5.74, 6) is 0. The minimum Gasteiger partial charge on any atom is -0.364 e. The van der Waals surface area contributed by atoms with Crippen LogP contribution < -0.4 is 4.90 Å². The minimum absolute atomic E-state index is 0. The van der Waals surface area contributed by atoms with Crippen molar-refractivity contribution in [3.63, 3.8) is 0 Å². The van der Waals surface area contributed by atoms with Crippen molar-refractivity contribution in [2.45, 2.75) is 25.6 Å². The summed E-state index contributed by atoms with van der Waals surface area (Å²) in [6.45, 7) is 1.50. The van der Waals surface area contributed by atoms with Crippen LogP contribution in [0.1, 0.15) is 16.8 Å². The third kappa shape index (κ3) is 5.41. The molecule has 0 spiro atoms. The Hall–Kier alpha value is -2.06. The van der Waals surface area contributed by atoms with Gasteiger partial charge in [0.05, 0.1) is 24.8 Å². The number of rotatable bonds is 5. The van der Waals surface area contributed by atoms with Crippen molar-refractivity contribution < 1.29 is 8.42 Å². The van der Waals surface area contributed by atoms with Crippen molar-refractivity contribution in [3.8, 4) is 0 Å². The van der Waals surface area contributed by atoms with Crippen LogP contribution >= 0.6 is 24.0 Å². The molecule has 0 saturated heterocycles. The highest BCUT2D eigenvalue weighted by Gasteiger charge is 2.33. The molecule has 166 valence electrons. The molecular formula is C22H26Cl2N4O2S. The highest BCUT2D eigenvalue weighted by atomic mass is 35.5. The summed E-state index contributed by atoms with van der Waals surface area (Å²) in [5, 5.41) is 0.601. The van der Waals surface area contributed by atoms with Crippen LogP contribution in [0.25, 0.3) is 0 Å². The van der Waals surface area contributed by atoms with Crippen LogP contribution in [0.5, 0.6) is 0 Å². The van der Waals surface area contributed by atoms with Crippen LogP contribution in [0.2, 0.25) is 5.02 Å². The van der Waals surface area contributed by atoms with Gasteiger partial charge in [-0.1, -0.05) is 41.9 Å². The first-order valence-corrected chi connectivity index (χ1v) is 12.0. The van der Waals surface area contributed by atoms with Gasteiger partial charge in [0.15, 0.2) is 0 Å². The van der Waals surface area contributed by atoms with E-state index in [9.17, 15) is 8.42 Å². The molecule has 9 heteroatoms. The molecule has 3 aromatic rings. The summed E-state index contributed by atoms with van der Waals surface area (Å²) in [5.41, 5.74) is 4.08. The van der Waals surface area contributed by atoms with Gasteiger partial charge in [0, 0.05) is 43.1 Å². The van der Waals surface area contributed by atoms with Crippen molar-refractivity contribution >= 4 is 39.7 Å². The molecule has 0 unspecified atom stereocenters. The molecule has 1 aliphatic heterocycles. The zero-order chi connectivity index (χ0) is 21.3. The Kier molecular flexibility index (Phi) is 7.31. The summed E-state index contributed by atoms with van der Waals surface area (Å²) in [6, 6.07) is 15.5. The Bertz CT molecular complexity index is 1140. The Morgan fingerprint density at radius 2 is 1.90 bits per heavy atom. The SMILES string of the molecule is Cl.Cn1cncc1CN1C[C@@H](Cc2ccccc2)N(S(C)(=O)=O)Cc2cc(Cl)ccc21. The fourth-order valence-electron chi connectivity index (χ4n) is 4.05. The fourth-order valence-corrected chi connectivity index (χ4v) is 5.30. The number of halogens is 2. The lowest BCUT2D eigenvalue weighted by Gasteiger charge is -2.31. The van der Waals surface area contributed by atoms with Gasteiger partial charge in [-0.2, -0.15) is 4.31 Å². The minimum atomic E-state index is -3.42. The maximum atomic E-state index is 12.8. The van der Waals surface area contributed by atoms with Crippen LogP contribution in [0, 0.1) is 0 Å². The highest BCUT2D eigenvalue weighted by Crippen LogP contribution is 2.32. The van der Waals surface area contributed by atoms with E-state index in [1.807, 2.05) is 66.3 Å². The number of aryl methyl sites for hydroxylation is 1. The van der Waals surface area contributed by atoms with E-state index < -0.39 is 10.0 Å². The molecule has 0 radical (unpaired) electrons. The van der Waals surface area contributed by atoms with Crippen LogP contribution in [0.3, 0.4) is 0 Å². The molecule has 6 nitrogen and oxygen atoms in total. The van der Waals surface area contributed by atoms with E-state index in [4.69, 9.17) is 11.6 Å². The molecule has 0 fully saturated rings. The number of anilines is 1. The molecular weight excluding hydrogens is 455 g/mol. The van der Waals surface area contributed by atoms with Gasteiger partial charge in [-0.05, 0) is 35.7 Å². The van der Waals surface area contributed by atoms with Gasteiger partial charge in [-0.25, -0.2) is 13.4 Å². The number of fused-ring (bicyclic) bond motifs is 1. The van der Waals surface area contributed by atoms with Gasteiger partial charge < -0.3 is 9.47 Å². The molecule has 4 rings (SSSR count). The van der Waals surface area contributed by atoms with Crippen LogP contribution in [-0.4, -0.2) is 41.1 Å². The summed E-state index contributed by atoms with van der Waals surface area (Å²) in [7, 11) is -1.46. The van der Waals surface area contributed by atoms with Gasteiger partial charge in [0.1, 0.15) is 0 Å². The largest absolute Gasteiger partial charge is 0.364 e. The Morgan fingerprint density at radius 1 is 1.16 bits per heavy atom. The molecule has 0 bridgehead atoms. The van der Waals surface area contributed by atoms with E-state index >= 15 is 0 Å². The second-order valence-electron chi connectivity index (χ2n) is 7.80. The van der Waals surface area contributed by atoms with Crippen molar-refractivity contribution in [2.24, 2.45) is 7.05 Å². The Balaban J connectivity index is 0.00000272. The van der Waals surface area contributed by atoms with Gasteiger partial charge in [0.2, 0.25) is 10.0 Å². The third-order valence-electron chi connectivity index (χ3n) is 5.56.